The Balaban J connectivity index is 2.62. The number of hydrogen-bond donors (Lipinski definition) is 1. The Morgan fingerprint density at radius 1 is 1.47 bits per heavy atom. The van der Waals surface area contributed by atoms with E-state index < -0.39 is 5.97 Å². The first-order valence-corrected chi connectivity index (χ1v) is 6.81. The highest BCUT2D eigenvalue weighted by molar-refractivity contribution is 5.67. The first-order valence-electron chi connectivity index (χ1n) is 6.81. The van der Waals surface area contributed by atoms with Crippen molar-refractivity contribution in [1.82, 2.24) is 4.90 Å². The number of hydrogen-bond acceptors (Lipinski definition) is 2. The first-order chi connectivity index (χ1) is 7.84. The van der Waals surface area contributed by atoms with E-state index in [4.69, 9.17) is 5.11 Å². The Morgan fingerprint density at radius 2 is 2.12 bits per heavy atom. The third-order valence-corrected chi connectivity index (χ3v) is 4.19. The van der Waals surface area contributed by atoms with Crippen LogP contribution in [0, 0.1) is 11.8 Å². The van der Waals surface area contributed by atoms with Crippen molar-refractivity contribution in [1.29, 1.82) is 0 Å². The third kappa shape index (κ3) is 3.98. The second kappa shape index (κ2) is 5.85. The zero-order chi connectivity index (χ0) is 13.1. The van der Waals surface area contributed by atoms with Crippen LogP contribution in [0.25, 0.3) is 0 Å². The Morgan fingerprint density at radius 3 is 2.65 bits per heavy atom. The second-order valence-electron chi connectivity index (χ2n) is 6.26. The van der Waals surface area contributed by atoms with Gasteiger partial charge in [0.05, 0.1) is 0 Å². The summed E-state index contributed by atoms with van der Waals surface area (Å²) in [5, 5.41) is 8.98. The predicted octanol–water partition coefficient (Wildman–Crippen LogP) is 3.00. The fourth-order valence-corrected chi connectivity index (χ4v) is 2.80. The third-order valence-electron chi connectivity index (χ3n) is 4.19. The van der Waals surface area contributed by atoms with E-state index in [0.29, 0.717) is 18.3 Å². The molecule has 1 fully saturated rings. The van der Waals surface area contributed by atoms with Gasteiger partial charge in [0, 0.05) is 12.0 Å². The molecule has 1 unspecified atom stereocenters. The molecule has 1 aliphatic heterocycles. The van der Waals surface area contributed by atoms with Crippen molar-refractivity contribution in [3.05, 3.63) is 0 Å². The molecule has 0 aromatic heterocycles. The molecule has 0 saturated carbocycles. The van der Waals surface area contributed by atoms with Crippen LogP contribution in [-0.4, -0.2) is 34.6 Å². The van der Waals surface area contributed by atoms with Crippen LogP contribution >= 0.6 is 0 Å². The van der Waals surface area contributed by atoms with Gasteiger partial charge in [-0.3, -0.25) is 9.69 Å². The van der Waals surface area contributed by atoms with Crippen LogP contribution in [0.2, 0.25) is 0 Å². The zero-order valence-corrected chi connectivity index (χ0v) is 11.7. The highest BCUT2D eigenvalue weighted by Gasteiger charge is 2.38. The van der Waals surface area contributed by atoms with Gasteiger partial charge in [-0.1, -0.05) is 13.8 Å². The van der Waals surface area contributed by atoms with Crippen molar-refractivity contribution < 1.29 is 9.90 Å². The molecule has 0 aromatic rings. The van der Waals surface area contributed by atoms with Crippen LogP contribution in [-0.2, 0) is 4.79 Å². The molecule has 0 aromatic carbocycles. The molecule has 17 heavy (non-hydrogen) atoms. The lowest BCUT2D eigenvalue weighted by Crippen LogP contribution is -2.54. The van der Waals surface area contributed by atoms with Gasteiger partial charge < -0.3 is 5.11 Å². The van der Waals surface area contributed by atoms with Gasteiger partial charge in [0.2, 0.25) is 0 Å². The van der Waals surface area contributed by atoms with Crippen molar-refractivity contribution in [2.24, 2.45) is 11.8 Å². The molecule has 1 saturated heterocycles. The fraction of sp³-hybridized carbons (Fsp3) is 0.929. The number of carboxylic acid groups (broad SMARTS) is 1. The van der Waals surface area contributed by atoms with Crippen molar-refractivity contribution >= 4 is 5.97 Å². The van der Waals surface area contributed by atoms with Crippen molar-refractivity contribution in [2.45, 2.75) is 58.9 Å². The maximum Gasteiger partial charge on any atom is 0.303 e. The molecule has 3 nitrogen and oxygen atoms in total. The van der Waals surface area contributed by atoms with Crippen molar-refractivity contribution in [3.8, 4) is 0 Å². The van der Waals surface area contributed by atoms with E-state index in [9.17, 15) is 4.79 Å². The highest BCUT2D eigenvalue weighted by atomic mass is 16.4. The lowest BCUT2D eigenvalue weighted by atomic mass is 9.77. The van der Waals surface area contributed by atoms with Crippen LogP contribution in [0.1, 0.15) is 53.4 Å². The number of rotatable bonds is 5. The van der Waals surface area contributed by atoms with E-state index in [0.717, 1.165) is 25.9 Å². The van der Waals surface area contributed by atoms with E-state index in [1.807, 2.05) is 0 Å². The number of nitrogens with zero attached hydrogens (tertiary/aromatic N) is 1. The van der Waals surface area contributed by atoms with Gasteiger partial charge in [-0.05, 0) is 58.0 Å². The number of aliphatic carboxylic acids is 1. The summed E-state index contributed by atoms with van der Waals surface area (Å²) < 4.78 is 0. The molecule has 0 amide bonds. The van der Waals surface area contributed by atoms with Gasteiger partial charge >= 0.3 is 5.97 Å². The molecule has 1 aliphatic rings. The van der Waals surface area contributed by atoms with E-state index >= 15 is 0 Å². The molecule has 1 rings (SSSR count). The van der Waals surface area contributed by atoms with Gasteiger partial charge in [-0.2, -0.15) is 0 Å². The largest absolute Gasteiger partial charge is 0.481 e. The zero-order valence-electron chi connectivity index (χ0n) is 11.7. The van der Waals surface area contributed by atoms with Gasteiger partial charge in [0.1, 0.15) is 0 Å². The molecule has 1 heterocycles. The van der Waals surface area contributed by atoms with Gasteiger partial charge in [0.15, 0.2) is 0 Å². The number of likely N-dealkylation sites (tertiary alicyclic amines) is 1. The summed E-state index contributed by atoms with van der Waals surface area (Å²) in [7, 11) is 0. The van der Waals surface area contributed by atoms with E-state index in [2.05, 4.69) is 32.6 Å². The predicted molar refractivity (Wildman–Crippen MR) is 70.1 cm³/mol. The summed E-state index contributed by atoms with van der Waals surface area (Å²) in [6.45, 7) is 11.1. The Labute approximate surface area is 105 Å². The van der Waals surface area contributed by atoms with Crippen molar-refractivity contribution in [3.63, 3.8) is 0 Å². The van der Waals surface area contributed by atoms with Crippen LogP contribution in [0.15, 0.2) is 0 Å². The topological polar surface area (TPSA) is 40.5 Å². The monoisotopic (exact) mass is 241 g/mol. The quantitative estimate of drug-likeness (QED) is 0.804. The van der Waals surface area contributed by atoms with Crippen LogP contribution in [0.5, 0.6) is 0 Å². The Bertz CT molecular complexity index is 261. The van der Waals surface area contributed by atoms with Gasteiger partial charge in [-0.25, -0.2) is 0 Å². The summed E-state index contributed by atoms with van der Waals surface area (Å²) in [5.74, 6) is 0.348. The number of piperidine rings is 1. The normalized spacial score (nSPS) is 25.1. The molecule has 0 bridgehead atoms. The summed E-state index contributed by atoms with van der Waals surface area (Å²) in [4.78, 5) is 13.4. The van der Waals surface area contributed by atoms with Crippen LogP contribution in [0.4, 0.5) is 0 Å². The fourth-order valence-electron chi connectivity index (χ4n) is 2.80. The second-order valence-corrected chi connectivity index (χ2v) is 6.26. The summed E-state index contributed by atoms with van der Waals surface area (Å²) in [5.41, 5.74) is 0.0333. The molecular weight excluding hydrogens is 214 g/mol. The highest BCUT2D eigenvalue weighted by Crippen LogP contribution is 2.35. The first kappa shape index (κ1) is 14.5. The molecule has 1 atom stereocenters. The standard InChI is InChI=1S/C14H27NO2/c1-11(2)7-9-15-8-5-6-12(10-13(16)17)14(15,3)4/h11-12H,5-10H2,1-4H3,(H,16,17). The lowest BCUT2D eigenvalue weighted by molar-refractivity contribution is -0.140. The number of carbonyl (C=O) groups is 1. The smallest absolute Gasteiger partial charge is 0.303 e. The van der Waals surface area contributed by atoms with Crippen molar-refractivity contribution in [2.75, 3.05) is 13.1 Å². The molecule has 1 N–H and O–H groups in total. The van der Waals surface area contributed by atoms with Gasteiger partial charge in [-0.15, -0.1) is 0 Å². The Hall–Kier alpha value is -0.570. The minimum Gasteiger partial charge on any atom is -0.481 e. The molecule has 0 aliphatic carbocycles. The minimum atomic E-state index is -0.659. The maximum atomic E-state index is 10.9. The molecule has 3 heteroatoms. The molecule has 0 radical (unpaired) electrons. The average Bonchev–Trinajstić information content (AvgIpc) is 2.18. The summed E-state index contributed by atoms with van der Waals surface area (Å²) >= 11 is 0. The summed E-state index contributed by atoms with van der Waals surface area (Å²) in [6, 6.07) is 0. The summed E-state index contributed by atoms with van der Waals surface area (Å²) in [6.07, 6.45) is 3.70. The molecular formula is C14H27NO2. The van der Waals surface area contributed by atoms with E-state index in [1.165, 1.54) is 6.42 Å². The van der Waals surface area contributed by atoms with E-state index in [1.54, 1.807) is 0 Å². The van der Waals surface area contributed by atoms with Gasteiger partial charge in [0.25, 0.3) is 0 Å². The average molecular weight is 241 g/mol. The lowest BCUT2D eigenvalue weighted by Gasteiger charge is -2.48. The Kier molecular flexibility index (Phi) is 4.99. The maximum absolute atomic E-state index is 10.9. The number of carboxylic acids is 1. The SMILES string of the molecule is CC(C)CCN1CCCC(CC(=O)O)C1(C)C. The molecule has 100 valence electrons. The minimum absolute atomic E-state index is 0.0333. The van der Waals surface area contributed by atoms with Crippen LogP contribution in [0.3, 0.4) is 0 Å². The van der Waals surface area contributed by atoms with Crippen LogP contribution < -0.4 is 0 Å². The van der Waals surface area contributed by atoms with E-state index in [-0.39, 0.29) is 5.54 Å². The molecule has 0 spiro atoms.